The SMILES string of the molecule is COc1ncccc1NCc1occc1C. The zero-order valence-corrected chi connectivity index (χ0v) is 9.36. The third-order valence-electron chi connectivity index (χ3n) is 2.37. The molecule has 0 atom stereocenters. The molecule has 2 rings (SSSR count). The van der Waals surface area contributed by atoms with Crippen molar-refractivity contribution in [2.75, 3.05) is 12.4 Å². The molecule has 0 saturated carbocycles. The summed E-state index contributed by atoms with van der Waals surface area (Å²) in [7, 11) is 1.60. The van der Waals surface area contributed by atoms with Crippen molar-refractivity contribution in [1.29, 1.82) is 0 Å². The van der Waals surface area contributed by atoms with Crippen LogP contribution in [0.1, 0.15) is 11.3 Å². The van der Waals surface area contributed by atoms with Crippen molar-refractivity contribution in [1.82, 2.24) is 4.98 Å². The number of nitrogens with zero attached hydrogens (tertiary/aromatic N) is 1. The van der Waals surface area contributed by atoms with Gasteiger partial charge in [-0.1, -0.05) is 0 Å². The van der Waals surface area contributed by atoms with Gasteiger partial charge >= 0.3 is 0 Å². The monoisotopic (exact) mass is 218 g/mol. The van der Waals surface area contributed by atoms with E-state index in [0.717, 1.165) is 17.0 Å². The number of hydrogen-bond acceptors (Lipinski definition) is 4. The summed E-state index contributed by atoms with van der Waals surface area (Å²) in [5, 5.41) is 3.23. The highest BCUT2D eigenvalue weighted by molar-refractivity contribution is 5.52. The van der Waals surface area contributed by atoms with Gasteiger partial charge in [-0.15, -0.1) is 0 Å². The van der Waals surface area contributed by atoms with Crippen molar-refractivity contribution in [3.8, 4) is 5.88 Å². The highest BCUT2D eigenvalue weighted by Crippen LogP contribution is 2.21. The van der Waals surface area contributed by atoms with Crippen LogP contribution in [-0.2, 0) is 6.54 Å². The van der Waals surface area contributed by atoms with Crippen LogP contribution in [0.3, 0.4) is 0 Å². The molecule has 4 nitrogen and oxygen atoms in total. The Balaban J connectivity index is 2.07. The van der Waals surface area contributed by atoms with E-state index in [0.29, 0.717) is 12.4 Å². The van der Waals surface area contributed by atoms with E-state index in [2.05, 4.69) is 10.3 Å². The third kappa shape index (κ3) is 2.16. The summed E-state index contributed by atoms with van der Waals surface area (Å²) in [6, 6.07) is 5.72. The van der Waals surface area contributed by atoms with E-state index >= 15 is 0 Å². The molecule has 0 aliphatic carbocycles. The topological polar surface area (TPSA) is 47.3 Å². The second-order valence-corrected chi connectivity index (χ2v) is 3.44. The van der Waals surface area contributed by atoms with Gasteiger partial charge in [0.1, 0.15) is 5.76 Å². The lowest BCUT2D eigenvalue weighted by Gasteiger charge is -2.08. The van der Waals surface area contributed by atoms with Gasteiger partial charge in [0.25, 0.3) is 0 Å². The van der Waals surface area contributed by atoms with Crippen LogP contribution in [0.2, 0.25) is 0 Å². The molecule has 84 valence electrons. The molecular formula is C12H14N2O2. The minimum atomic E-state index is 0.590. The van der Waals surface area contributed by atoms with Crippen molar-refractivity contribution in [2.24, 2.45) is 0 Å². The number of nitrogens with one attached hydrogen (secondary N) is 1. The Bertz CT molecular complexity index is 466. The van der Waals surface area contributed by atoms with Crippen LogP contribution in [0.25, 0.3) is 0 Å². The molecule has 16 heavy (non-hydrogen) atoms. The van der Waals surface area contributed by atoms with E-state index < -0.39 is 0 Å². The molecule has 0 fully saturated rings. The number of aromatic nitrogens is 1. The highest BCUT2D eigenvalue weighted by Gasteiger charge is 2.05. The standard InChI is InChI=1S/C12H14N2O2/c1-9-5-7-16-11(9)8-14-10-4-3-6-13-12(10)15-2/h3-7,14H,8H2,1-2H3. The summed E-state index contributed by atoms with van der Waals surface area (Å²) in [5.74, 6) is 1.51. The first-order valence-corrected chi connectivity index (χ1v) is 5.07. The van der Waals surface area contributed by atoms with Crippen molar-refractivity contribution < 1.29 is 9.15 Å². The van der Waals surface area contributed by atoms with E-state index in [4.69, 9.17) is 9.15 Å². The summed E-state index contributed by atoms with van der Waals surface area (Å²) in [5.41, 5.74) is 2.00. The Hall–Kier alpha value is -1.97. The first-order chi connectivity index (χ1) is 7.81. The van der Waals surface area contributed by atoms with Crippen LogP contribution in [0.15, 0.2) is 35.1 Å². The van der Waals surface area contributed by atoms with Crippen molar-refractivity contribution >= 4 is 5.69 Å². The molecule has 1 N–H and O–H groups in total. The minimum Gasteiger partial charge on any atom is -0.480 e. The van der Waals surface area contributed by atoms with Gasteiger partial charge in [-0.3, -0.25) is 0 Å². The van der Waals surface area contributed by atoms with Crippen LogP contribution in [-0.4, -0.2) is 12.1 Å². The van der Waals surface area contributed by atoms with Crippen LogP contribution in [0, 0.1) is 6.92 Å². The normalized spacial score (nSPS) is 10.1. The van der Waals surface area contributed by atoms with Crippen molar-refractivity contribution in [3.63, 3.8) is 0 Å². The summed E-state index contributed by atoms with van der Waals surface area (Å²) in [4.78, 5) is 4.10. The fourth-order valence-corrected chi connectivity index (χ4v) is 1.45. The average molecular weight is 218 g/mol. The van der Waals surface area contributed by atoms with Gasteiger partial charge in [-0.2, -0.15) is 0 Å². The maximum Gasteiger partial charge on any atom is 0.237 e. The summed E-state index contributed by atoms with van der Waals surface area (Å²) >= 11 is 0. The third-order valence-corrected chi connectivity index (χ3v) is 2.37. The van der Waals surface area contributed by atoms with Gasteiger partial charge in [0.05, 0.1) is 25.6 Å². The summed E-state index contributed by atoms with van der Waals surface area (Å²) in [6.45, 7) is 2.64. The molecule has 0 unspecified atom stereocenters. The smallest absolute Gasteiger partial charge is 0.237 e. The molecule has 4 heteroatoms. The van der Waals surface area contributed by atoms with Gasteiger partial charge in [-0.25, -0.2) is 4.98 Å². The maximum absolute atomic E-state index is 5.34. The van der Waals surface area contributed by atoms with Crippen LogP contribution in [0.4, 0.5) is 5.69 Å². The lowest BCUT2D eigenvalue weighted by molar-refractivity contribution is 0.399. The van der Waals surface area contributed by atoms with Crippen LogP contribution in [0.5, 0.6) is 5.88 Å². The van der Waals surface area contributed by atoms with Gasteiger partial charge in [0, 0.05) is 6.20 Å². The van der Waals surface area contributed by atoms with Crippen molar-refractivity contribution in [2.45, 2.75) is 13.5 Å². The van der Waals surface area contributed by atoms with Crippen LogP contribution >= 0.6 is 0 Å². The summed E-state index contributed by atoms with van der Waals surface area (Å²) in [6.07, 6.45) is 3.38. The fourth-order valence-electron chi connectivity index (χ4n) is 1.45. The number of pyridine rings is 1. The molecule has 0 aliphatic heterocycles. The number of furan rings is 1. The number of ether oxygens (including phenoxy) is 1. The molecule has 0 aliphatic rings. The van der Waals surface area contributed by atoms with E-state index in [1.807, 2.05) is 25.1 Å². The van der Waals surface area contributed by atoms with Gasteiger partial charge in [0.15, 0.2) is 0 Å². The van der Waals surface area contributed by atoms with E-state index in [1.165, 1.54) is 0 Å². The molecule has 0 aromatic carbocycles. The first-order valence-electron chi connectivity index (χ1n) is 5.07. The zero-order chi connectivity index (χ0) is 11.4. The van der Waals surface area contributed by atoms with E-state index in [9.17, 15) is 0 Å². The molecule has 0 radical (unpaired) electrons. The summed E-state index contributed by atoms with van der Waals surface area (Å²) < 4.78 is 10.5. The number of methoxy groups -OCH3 is 1. The molecular weight excluding hydrogens is 204 g/mol. The van der Waals surface area contributed by atoms with Crippen molar-refractivity contribution in [3.05, 3.63) is 42.0 Å². The molecule has 0 saturated heterocycles. The number of aryl methyl sites for hydroxylation is 1. The Morgan fingerprint density at radius 3 is 3.00 bits per heavy atom. The minimum absolute atomic E-state index is 0.590. The second-order valence-electron chi connectivity index (χ2n) is 3.44. The second kappa shape index (κ2) is 4.70. The Morgan fingerprint density at radius 2 is 2.31 bits per heavy atom. The Morgan fingerprint density at radius 1 is 1.44 bits per heavy atom. The molecule has 2 aromatic heterocycles. The van der Waals surface area contributed by atoms with Crippen LogP contribution < -0.4 is 10.1 Å². The molecule has 0 amide bonds. The highest BCUT2D eigenvalue weighted by atomic mass is 16.5. The average Bonchev–Trinajstić information content (AvgIpc) is 2.72. The van der Waals surface area contributed by atoms with E-state index in [-0.39, 0.29) is 0 Å². The largest absolute Gasteiger partial charge is 0.480 e. The number of rotatable bonds is 4. The van der Waals surface area contributed by atoms with E-state index in [1.54, 1.807) is 19.6 Å². The van der Waals surface area contributed by atoms with Gasteiger partial charge in [-0.05, 0) is 30.7 Å². The Labute approximate surface area is 94.3 Å². The lowest BCUT2D eigenvalue weighted by atomic mass is 10.3. The van der Waals surface area contributed by atoms with Gasteiger partial charge < -0.3 is 14.5 Å². The molecule has 0 spiro atoms. The molecule has 2 aromatic rings. The lowest BCUT2D eigenvalue weighted by Crippen LogP contribution is -2.02. The predicted octanol–water partition coefficient (Wildman–Crippen LogP) is 2.60. The number of anilines is 1. The van der Waals surface area contributed by atoms with Gasteiger partial charge in [0.2, 0.25) is 5.88 Å². The zero-order valence-electron chi connectivity index (χ0n) is 9.36. The predicted molar refractivity (Wildman–Crippen MR) is 61.6 cm³/mol. The quantitative estimate of drug-likeness (QED) is 0.856. The number of hydrogen-bond donors (Lipinski definition) is 1. The maximum atomic E-state index is 5.34. The first kappa shape index (κ1) is 10.5. The molecule has 2 heterocycles. The molecule has 0 bridgehead atoms. The Kier molecular flexibility index (Phi) is 3.10. The fraction of sp³-hybridized carbons (Fsp3) is 0.250.